The van der Waals surface area contributed by atoms with Crippen LogP contribution in [0.4, 0.5) is 4.79 Å². The molecule has 0 spiro atoms. The van der Waals surface area contributed by atoms with E-state index in [1.807, 2.05) is 0 Å². The van der Waals surface area contributed by atoms with Gasteiger partial charge in [0.1, 0.15) is 5.75 Å². The number of rotatable bonds is 6. The van der Waals surface area contributed by atoms with Gasteiger partial charge in [0.05, 0.1) is 37.1 Å². The second-order valence-corrected chi connectivity index (χ2v) is 5.86. The third-order valence-electron chi connectivity index (χ3n) is 4.17. The molecule has 0 bridgehead atoms. The molecule has 28 heavy (non-hydrogen) atoms. The Morgan fingerprint density at radius 1 is 1.04 bits per heavy atom. The van der Waals surface area contributed by atoms with Crippen LogP contribution in [-0.2, 0) is 4.74 Å². The van der Waals surface area contributed by atoms with E-state index in [1.54, 1.807) is 62.6 Å². The zero-order valence-corrected chi connectivity index (χ0v) is 15.5. The number of hydrogen-bond acceptors (Lipinski definition) is 6. The summed E-state index contributed by atoms with van der Waals surface area (Å²) in [7, 11) is 1.55. The highest BCUT2D eigenvalue weighted by molar-refractivity contribution is 6.23. The zero-order valence-electron chi connectivity index (χ0n) is 15.5. The molecule has 0 fully saturated rings. The zero-order chi connectivity index (χ0) is 20.1. The molecular formula is C20H19N3O5. The minimum absolute atomic E-state index is 0.106. The van der Waals surface area contributed by atoms with E-state index in [0.29, 0.717) is 28.2 Å². The average molecular weight is 381 g/mol. The average Bonchev–Trinajstić information content (AvgIpc) is 2.96. The van der Waals surface area contributed by atoms with Gasteiger partial charge in [-0.1, -0.05) is 12.1 Å². The molecule has 0 aromatic heterocycles. The summed E-state index contributed by atoms with van der Waals surface area (Å²) < 4.78 is 9.94. The number of amides is 3. The van der Waals surface area contributed by atoms with Gasteiger partial charge in [0.25, 0.3) is 11.8 Å². The highest BCUT2D eigenvalue weighted by Crippen LogP contribution is 2.23. The Labute approximate surface area is 161 Å². The summed E-state index contributed by atoms with van der Waals surface area (Å²) in [5.74, 6) is -0.168. The maximum Gasteiger partial charge on any atom is 0.427 e. The van der Waals surface area contributed by atoms with Crippen LogP contribution in [0.5, 0.6) is 5.75 Å². The van der Waals surface area contributed by atoms with Crippen molar-refractivity contribution in [3.63, 3.8) is 0 Å². The summed E-state index contributed by atoms with van der Waals surface area (Å²) in [6.45, 7) is 1.76. The van der Waals surface area contributed by atoms with Crippen molar-refractivity contribution in [2.45, 2.75) is 6.92 Å². The van der Waals surface area contributed by atoms with Gasteiger partial charge in [0.15, 0.2) is 0 Å². The second kappa shape index (κ2) is 8.34. The summed E-state index contributed by atoms with van der Waals surface area (Å²) in [5, 5.41) is 4.07. The van der Waals surface area contributed by atoms with Gasteiger partial charge >= 0.3 is 6.09 Å². The summed E-state index contributed by atoms with van der Waals surface area (Å²) in [6.07, 6.45) is -0.726. The molecule has 0 radical (unpaired) electrons. The largest absolute Gasteiger partial charge is 0.497 e. The van der Waals surface area contributed by atoms with E-state index in [-0.39, 0.29) is 13.2 Å². The van der Waals surface area contributed by atoms with E-state index < -0.39 is 17.9 Å². The molecule has 8 nitrogen and oxygen atoms in total. The first kappa shape index (κ1) is 19.1. The van der Waals surface area contributed by atoms with Crippen LogP contribution in [0.2, 0.25) is 0 Å². The summed E-state index contributed by atoms with van der Waals surface area (Å²) >= 11 is 0. The number of benzene rings is 2. The maximum atomic E-state index is 12.6. The maximum absolute atomic E-state index is 12.6. The van der Waals surface area contributed by atoms with Gasteiger partial charge in [-0.25, -0.2) is 10.2 Å². The fraction of sp³-hybridized carbons (Fsp3) is 0.200. The van der Waals surface area contributed by atoms with Crippen LogP contribution in [0.25, 0.3) is 0 Å². The molecule has 1 aliphatic heterocycles. The molecule has 2 aromatic rings. The number of fused-ring (bicyclic) bond motifs is 1. The molecule has 0 atom stereocenters. The molecule has 144 valence electrons. The van der Waals surface area contributed by atoms with Crippen molar-refractivity contribution in [2.24, 2.45) is 5.10 Å². The van der Waals surface area contributed by atoms with Crippen LogP contribution in [0.15, 0.2) is 53.6 Å². The van der Waals surface area contributed by atoms with Crippen LogP contribution in [0.3, 0.4) is 0 Å². The normalized spacial score (nSPS) is 13.4. The van der Waals surface area contributed by atoms with E-state index in [2.05, 4.69) is 10.5 Å². The number of imide groups is 1. The van der Waals surface area contributed by atoms with Crippen LogP contribution in [-0.4, -0.2) is 48.8 Å². The fourth-order valence-corrected chi connectivity index (χ4v) is 2.78. The van der Waals surface area contributed by atoms with Gasteiger partial charge < -0.3 is 9.47 Å². The Kier molecular flexibility index (Phi) is 5.69. The Hall–Kier alpha value is -3.68. The second-order valence-electron chi connectivity index (χ2n) is 5.86. The van der Waals surface area contributed by atoms with E-state index in [4.69, 9.17) is 9.47 Å². The van der Waals surface area contributed by atoms with Gasteiger partial charge in [-0.2, -0.15) is 5.10 Å². The first-order valence-electron chi connectivity index (χ1n) is 8.64. The lowest BCUT2D eigenvalue weighted by Gasteiger charge is -2.16. The topological polar surface area (TPSA) is 97.3 Å². The number of hydrogen-bond donors (Lipinski definition) is 1. The molecule has 0 saturated carbocycles. The number of methoxy groups -OCH3 is 1. The van der Waals surface area contributed by atoms with E-state index in [1.165, 1.54) is 0 Å². The molecule has 8 heteroatoms. The first-order valence-corrected chi connectivity index (χ1v) is 8.64. The lowest BCUT2D eigenvalue weighted by Crippen LogP contribution is -2.36. The van der Waals surface area contributed by atoms with Crippen LogP contribution in [0, 0.1) is 0 Å². The van der Waals surface area contributed by atoms with Gasteiger partial charge in [0, 0.05) is 0 Å². The molecule has 0 unspecified atom stereocenters. The van der Waals surface area contributed by atoms with Gasteiger partial charge in [-0.3, -0.25) is 14.5 Å². The molecule has 3 amide bonds. The van der Waals surface area contributed by atoms with Crippen molar-refractivity contribution in [3.8, 4) is 5.75 Å². The van der Waals surface area contributed by atoms with Gasteiger partial charge in [-0.05, 0) is 48.9 Å². The Morgan fingerprint density at radius 3 is 2.18 bits per heavy atom. The van der Waals surface area contributed by atoms with E-state index >= 15 is 0 Å². The number of ether oxygens (including phenoxy) is 2. The molecule has 0 saturated heterocycles. The summed E-state index contributed by atoms with van der Waals surface area (Å²) in [4.78, 5) is 38.0. The van der Waals surface area contributed by atoms with Gasteiger partial charge in [-0.15, -0.1) is 0 Å². The Balaban J connectivity index is 1.89. The van der Waals surface area contributed by atoms with E-state index in [0.717, 1.165) is 4.90 Å². The Morgan fingerprint density at radius 2 is 1.64 bits per heavy atom. The number of nitrogens with one attached hydrogen (secondary N) is 1. The van der Waals surface area contributed by atoms with Crippen molar-refractivity contribution < 1.29 is 23.9 Å². The smallest absolute Gasteiger partial charge is 0.427 e. The Bertz CT molecular complexity index is 902. The summed E-state index contributed by atoms with van der Waals surface area (Å²) in [6, 6.07) is 13.5. The lowest BCUT2D eigenvalue weighted by atomic mass is 10.1. The van der Waals surface area contributed by atoms with Crippen molar-refractivity contribution >= 4 is 23.6 Å². The fourth-order valence-electron chi connectivity index (χ4n) is 2.78. The number of nitrogens with zero attached hydrogens (tertiary/aromatic N) is 2. The minimum Gasteiger partial charge on any atom is -0.497 e. The van der Waals surface area contributed by atoms with Crippen molar-refractivity contribution in [3.05, 3.63) is 65.2 Å². The molecule has 0 aliphatic carbocycles. The third-order valence-corrected chi connectivity index (χ3v) is 4.17. The van der Waals surface area contributed by atoms with Crippen molar-refractivity contribution in [1.29, 1.82) is 0 Å². The molecule has 1 heterocycles. The van der Waals surface area contributed by atoms with Gasteiger partial charge in [0.2, 0.25) is 0 Å². The predicted octanol–water partition coefficient (Wildman–Crippen LogP) is 2.44. The van der Waals surface area contributed by atoms with Crippen molar-refractivity contribution in [1.82, 2.24) is 10.3 Å². The number of carbonyl (C=O) groups excluding carboxylic acids is 3. The standard InChI is InChI=1S/C20H19N3O5/c1-3-28-20(26)22-21-17(13-8-10-14(27-2)11-9-13)12-23-18(24)15-6-4-5-7-16(15)19(23)25/h4-11H,3,12H2,1-2H3,(H,22,26)/b21-17+. The van der Waals surface area contributed by atoms with Crippen LogP contribution in [0.1, 0.15) is 33.2 Å². The summed E-state index contributed by atoms with van der Waals surface area (Å²) in [5.41, 5.74) is 3.92. The predicted molar refractivity (Wildman–Crippen MR) is 101 cm³/mol. The quantitative estimate of drug-likeness (QED) is 0.471. The van der Waals surface area contributed by atoms with E-state index in [9.17, 15) is 14.4 Å². The molecular weight excluding hydrogens is 362 g/mol. The lowest BCUT2D eigenvalue weighted by molar-refractivity contribution is 0.0677. The van der Waals surface area contributed by atoms with Crippen LogP contribution < -0.4 is 10.2 Å². The molecule has 3 rings (SSSR count). The molecule has 1 N–H and O–H groups in total. The number of carbonyl (C=O) groups is 3. The molecule has 2 aromatic carbocycles. The highest BCUT2D eigenvalue weighted by Gasteiger charge is 2.35. The monoisotopic (exact) mass is 381 g/mol. The van der Waals surface area contributed by atoms with Crippen LogP contribution >= 0.6 is 0 Å². The third kappa shape index (κ3) is 3.85. The SMILES string of the molecule is CCOC(=O)N/N=C(\CN1C(=O)c2ccccc2C1=O)c1ccc(OC)cc1. The molecule has 1 aliphatic rings. The highest BCUT2D eigenvalue weighted by atomic mass is 16.5. The number of hydrazone groups is 1. The first-order chi connectivity index (χ1) is 13.5. The minimum atomic E-state index is -0.726. The van der Waals surface area contributed by atoms with Crippen molar-refractivity contribution in [2.75, 3.05) is 20.3 Å².